The number of aromatic nitrogens is 1. The van der Waals surface area contributed by atoms with Crippen LogP contribution in [0.25, 0.3) is 0 Å². The van der Waals surface area contributed by atoms with Gasteiger partial charge in [-0.05, 0) is 26.0 Å². The number of rotatable bonds is 7. The van der Waals surface area contributed by atoms with Crippen LogP contribution in [-0.4, -0.2) is 31.7 Å². The molecule has 0 aliphatic rings. The monoisotopic (exact) mass is 434 g/mol. The standard InChI is InChI=1S/C17H17ClF2N2O5S/c1-9(2)27-17-12(18)4-10(7-21-17)8-26-15-6-13(19)11(5-14(15)20)16(23)22-28(3,24)25/h4-7,9H,8H2,1-3H3,(H,22,23). The van der Waals surface area contributed by atoms with Gasteiger partial charge in [-0.25, -0.2) is 26.9 Å². The molecule has 152 valence electrons. The second-order valence-corrected chi connectivity index (χ2v) is 8.21. The number of halogens is 3. The molecule has 0 aliphatic carbocycles. The SMILES string of the molecule is CC(C)Oc1ncc(COc2cc(F)c(C(=O)NS(C)(=O)=O)cc2F)cc1Cl. The third-order valence-corrected chi connectivity index (χ3v) is 3.98. The van der Waals surface area contributed by atoms with E-state index in [2.05, 4.69) is 4.98 Å². The number of sulfonamides is 1. The van der Waals surface area contributed by atoms with E-state index < -0.39 is 38.9 Å². The van der Waals surface area contributed by atoms with Gasteiger partial charge in [-0.3, -0.25) is 4.79 Å². The van der Waals surface area contributed by atoms with Crippen LogP contribution in [0.4, 0.5) is 8.78 Å². The van der Waals surface area contributed by atoms with E-state index in [-0.39, 0.29) is 23.6 Å². The Kier molecular flexibility index (Phi) is 6.78. The highest BCUT2D eigenvalue weighted by Crippen LogP contribution is 2.26. The van der Waals surface area contributed by atoms with Gasteiger partial charge in [-0.1, -0.05) is 11.6 Å². The van der Waals surface area contributed by atoms with Gasteiger partial charge in [0.25, 0.3) is 5.91 Å². The van der Waals surface area contributed by atoms with Crippen molar-refractivity contribution < 1.29 is 31.5 Å². The van der Waals surface area contributed by atoms with Crippen LogP contribution in [-0.2, 0) is 16.6 Å². The average molecular weight is 435 g/mol. The van der Waals surface area contributed by atoms with Crippen molar-refractivity contribution in [3.8, 4) is 11.6 Å². The molecule has 7 nitrogen and oxygen atoms in total. The average Bonchev–Trinajstić information content (AvgIpc) is 2.55. The zero-order valence-corrected chi connectivity index (χ0v) is 16.7. The molecule has 1 heterocycles. The van der Waals surface area contributed by atoms with E-state index in [9.17, 15) is 22.0 Å². The summed E-state index contributed by atoms with van der Waals surface area (Å²) in [5.74, 6) is -3.71. The summed E-state index contributed by atoms with van der Waals surface area (Å²) in [5.41, 5.74) is -0.296. The fourth-order valence-electron chi connectivity index (χ4n) is 2.05. The molecule has 0 aliphatic heterocycles. The largest absolute Gasteiger partial charge is 0.486 e. The summed E-state index contributed by atoms with van der Waals surface area (Å²) < 4.78 is 62.5. The number of amides is 1. The summed E-state index contributed by atoms with van der Waals surface area (Å²) in [4.78, 5) is 15.7. The first-order valence-corrected chi connectivity index (χ1v) is 10.2. The topological polar surface area (TPSA) is 94.6 Å². The second-order valence-electron chi connectivity index (χ2n) is 6.05. The smallest absolute Gasteiger partial charge is 0.267 e. The van der Waals surface area contributed by atoms with Gasteiger partial charge in [-0.2, -0.15) is 0 Å². The Morgan fingerprint density at radius 2 is 1.93 bits per heavy atom. The van der Waals surface area contributed by atoms with E-state index in [1.165, 1.54) is 12.3 Å². The van der Waals surface area contributed by atoms with Crippen LogP contribution in [0.2, 0.25) is 5.02 Å². The summed E-state index contributed by atoms with van der Waals surface area (Å²) in [6.45, 7) is 3.44. The van der Waals surface area contributed by atoms with Crippen LogP contribution in [0, 0.1) is 11.6 Å². The Hall–Kier alpha value is -2.46. The molecule has 0 fully saturated rings. The van der Waals surface area contributed by atoms with E-state index in [1.54, 1.807) is 4.72 Å². The Labute approximate surface area is 165 Å². The number of carbonyl (C=O) groups is 1. The highest BCUT2D eigenvalue weighted by Gasteiger charge is 2.19. The van der Waals surface area contributed by atoms with Crippen molar-refractivity contribution in [3.05, 3.63) is 52.2 Å². The predicted molar refractivity (Wildman–Crippen MR) is 98.0 cm³/mol. The van der Waals surface area contributed by atoms with E-state index in [0.29, 0.717) is 24.0 Å². The third-order valence-electron chi connectivity index (χ3n) is 3.15. The molecule has 2 aromatic rings. The van der Waals surface area contributed by atoms with Gasteiger partial charge in [-0.15, -0.1) is 0 Å². The molecule has 1 N–H and O–H groups in total. The molecule has 11 heteroatoms. The predicted octanol–water partition coefficient (Wildman–Crippen LogP) is 3.07. The van der Waals surface area contributed by atoms with Crippen molar-refractivity contribution >= 4 is 27.5 Å². The summed E-state index contributed by atoms with van der Waals surface area (Å²) in [5, 5.41) is 0.231. The Morgan fingerprint density at radius 1 is 1.25 bits per heavy atom. The van der Waals surface area contributed by atoms with Crippen LogP contribution in [0.3, 0.4) is 0 Å². The highest BCUT2D eigenvalue weighted by molar-refractivity contribution is 7.89. The molecule has 28 heavy (non-hydrogen) atoms. The molecule has 0 atom stereocenters. The Bertz CT molecular complexity index is 999. The van der Waals surface area contributed by atoms with Crippen LogP contribution < -0.4 is 14.2 Å². The second kappa shape index (κ2) is 8.70. The minimum absolute atomic E-state index is 0.123. The lowest BCUT2D eigenvalue weighted by atomic mass is 10.2. The molecule has 2 rings (SSSR count). The number of hydrogen-bond acceptors (Lipinski definition) is 6. The number of pyridine rings is 1. The van der Waals surface area contributed by atoms with Gasteiger partial charge in [0.15, 0.2) is 11.6 Å². The highest BCUT2D eigenvalue weighted by atomic mass is 35.5. The number of hydrogen-bond donors (Lipinski definition) is 1. The number of benzene rings is 1. The van der Waals surface area contributed by atoms with Gasteiger partial charge in [0, 0.05) is 17.8 Å². The molecule has 1 aromatic carbocycles. The maximum absolute atomic E-state index is 14.1. The zero-order valence-electron chi connectivity index (χ0n) is 15.1. The lowest BCUT2D eigenvalue weighted by molar-refractivity contribution is 0.0977. The maximum Gasteiger partial charge on any atom is 0.267 e. The third kappa shape index (κ3) is 6.03. The van der Waals surface area contributed by atoms with Crippen LogP contribution in [0.5, 0.6) is 11.6 Å². The van der Waals surface area contributed by atoms with Gasteiger partial charge < -0.3 is 9.47 Å². The summed E-state index contributed by atoms with van der Waals surface area (Å²) in [6, 6.07) is 2.71. The number of nitrogens with zero attached hydrogens (tertiary/aromatic N) is 1. The van der Waals surface area contributed by atoms with E-state index in [0.717, 1.165) is 0 Å². The molecular formula is C17H17ClF2N2O5S. The summed E-state index contributed by atoms with van der Waals surface area (Å²) >= 11 is 6.05. The van der Waals surface area contributed by atoms with Crippen molar-refractivity contribution in [2.45, 2.75) is 26.6 Å². The summed E-state index contributed by atoms with van der Waals surface area (Å²) in [7, 11) is -3.92. The zero-order chi connectivity index (χ0) is 21.1. The van der Waals surface area contributed by atoms with Gasteiger partial charge in [0.05, 0.1) is 17.9 Å². The van der Waals surface area contributed by atoms with Gasteiger partial charge >= 0.3 is 0 Å². The first kappa shape index (κ1) is 21.8. The number of ether oxygens (including phenoxy) is 2. The molecule has 0 saturated carbocycles. The Morgan fingerprint density at radius 3 is 2.50 bits per heavy atom. The van der Waals surface area contributed by atoms with Crippen molar-refractivity contribution in [3.63, 3.8) is 0 Å². The van der Waals surface area contributed by atoms with Crippen LogP contribution in [0.15, 0.2) is 24.4 Å². The quantitative estimate of drug-likeness (QED) is 0.719. The molecule has 0 unspecified atom stereocenters. The van der Waals surface area contributed by atoms with E-state index >= 15 is 0 Å². The lowest BCUT2D eigenvalue weighted by Crippen LogP contribution is -2.30. The molecular weight excluding hydrogens is 418 g/mol. The van der Waals surface area contributed by atoms with Crippen molar-refractivity contribution in [1.29, 1.82) is 0 Å². The van der Waals surface area contributed by atoms with E-state index in [4.69, 9.17) is 21.1 Å². The maximum atomic E-state index is 14.1. The lowest BCUT2D eigenvalue weighted by Gasteiger charge is -2.12. The minimum atomic E-state index is -3.92. The molecule has 0 saturated heterocycles. The fraction of sp³-hybridized carbons (Fsp3) is 0.294. The van der Waals surface area contributed by atoms with E-state index in [1.807, 2.05) is 13.8 Å². The first-order valence-electron chi connectivity index (χ1n) is 7.91. The van der Waals surface area contributed by atoms with Gasteiger partial charge in [0.1, 0.15) is 17.4 Å². The number of nitrogens with one attached hydrogen (secondary N) is 1. The molecule has 0 radical (unpaired) electrons. The van der Waals surface area contributed by atoms with Crippen molar-refractivity contribution in [2.24, 2.45) is 0 Å². The number of carbonyl (C=O) groups excluding carboxylic acids is 1. The molecule has 1 aromatic heterocycles. The first-order chi connectivity index (χ1) is 13.0. The molecule has 0 bridgehead atoms. The molecule has 0 spiro atoms. The van der Waals surface area contributed by atoms with Crippen molar-refractivity contribution in [2.75, 3.05) is 6.26 Å². The minimum Gasteiger partial charge on any atom is -0.486 e. The normalized spacial score (nSPS) is 11.4. The van der Waals surface area contributed by atoms with Crippen LogP contribution >= 0.6 is 11.6 Å². The Balaban J connectivity index is 2.14. The van der Waals surface area contributed by atoms with Crippen LogP contribution in [0.1, 0.15) is 29.8 Å². The van der Waals surface area contributed by atoms with Crippen molar-refractivity contribution in [1.82, 2.24) is 9.71 Å². The molecule has 1 amide bonds. The van der Waals surface area contributed by atoms with Gasteiger partial charge in [0.2, 0.25) is 15.9 Å². The fourth-order valence-corrected chi connectivity index (χ4v) is 2.73. The summed E-state index contributed by atoms with van der Waals surface area (Å²) in [6.07, 6.45) is 2.00.